The SMILES string of the molecule is CC1CCN(C(CNC(=O)Cc2c[nH]c3ccccc23)c2cccs2)CC1. The van der Waals surface area contributed by atoms with Crippen molar-refractivity contribution in [2.75, 3.05) is 19.6 Å². The number of H-pyrrole nitrogens is 1. The number of carbonyl (C=O) groups is 1. The molecular formula is C22H27N3OS. The van der Waals surface area contributed by atoms with Gasteiger partial charge >= 0.3 is 0 Å². The van der Waals surface area contributed by atoms with Gasteiger partial charge in [0.05, 0.1) is 12.5 Å². The van der Waals surface area contributed by atoms with E-state index in [-0.39, 0.29) is 11.9 Å². The smallest absolute Gasteiger partial charge is 0.224 e. The van der Waals surface area contributed by atoms with Gasteiger partial charge in [-0.2, -0.15) is 0 Å². The average Bonchev–Trinajstić information content (AvgIpc) is 3.34. The number of piperidine rings is 1. The lowest BCUT2D eigenvalue weighted by molar-refractivity contribution is -0.120. The third-order valence-corrected chi connectivity index (χ3v) is 6.62. The molecule has 1 unspecified atom stereocenters. The zero-order valence-electron chi connectivity index (χ0n) is 15.8. The molecule has 1 amide bonds. The number of hydrogen-bond acceptors (Lipinski definition) is 3. The molecule has 4 nitrogen and oxygen atoms in total. The molecule has 3 heterocycles. The fraction of sp³-hybridized carbons (Fsp3) is 0.409. The summed E-state index contributed by atoms with van der Waals surface area (Å²) in [4.78, 5) is 19.8. The normalized spacial score (nSPS) is 17.2. The van der Waals surface area contributed by atoms with Gasteiger partial charge in [0.25, 0.3) is 0 Å². The van der Waals surface area contributed by atoms with Crippen molar-refractivity contribution in [2.45, 2.75) is 32.2 Å². The van der Waals surface area contributed by atoms with Crippen LogP contribution < -0.4 is 5.32 Å². The number of likely N-dealkylation sites (tertiary alicyclic amines) is 1. The Morgan fingerprint density at radius 3 is 2.85 bits per heavy atom. The lowest BCUT2D eigenvalue weighted by Crippen LogP contribution is -2.41. The molecule has 1 fully saturated rings. The number of aromatic nitrogens is 1. The number of benzene rings is 1. The number of thiophene rings is 1. The van der Waals surface area contributed by atoms with Crippen molar-refractivity contribution in [1.82, 2.24) is 15.2 Å². The highest BCUT2D eigenvalue weighted by Crippen LogP contribution is 2.29. The van der Waals surface area contributed by atoms with Crippen LogP contribution in [0.3, 0.4) is 0 Å². The van der Waals surface area contributed by atoms with Crippen LogP contribution in [0.25, 0.3) is 10.9 Å². The van der Waals surface area contributed by atoms with Crippen LogP contribution in [-0.2, 0) is 11.2 Å². The number of amides is 1. The summed E-state index contributed by atoms with van der Waals surface area (Å²) in [5.41, 5.74) is 2.14. The molecule has 4 rings (SSSR count). The maximum absolute atomic E-state index is 12.6. The minimum absolute atomic E-state index is 0.0895. The molecule has 27 heavy (non-hydrogen) atoms. The quantitative estimate of drug-likeness (QED) is 0.666. The summed E-state index contributed by atoms with van der Waals surface area (Å²) < 4.78 is 0. The molecule has 0 spiro atoms. The van der Waals surface area contributed by atoms with E-state index in [2.05, 4.69) is 45.7 Å². The summed E-state index contributed by atoms with van der Waals surface area (Å²) >= 11 is 1.79. The second-order valence-corrected chi connectivity index (χ2v) is 8.57. The predicted octanol–water partition coefficient (Wildman–Crippen LogP) is 4.36. The standard InChI is InChI=1S/C22H27N3OS/c1-16-8-10-25(11-9-16)20(21-7-4-12-27-21)15-24-22(26)13-17-14-23-19-6-3-2-5-18(17)19/h2-7,12,14,16,20,23H,8-11,13,15H2,1H3,(H,24,26). The van der Waals surface area contributed by atoms with E-state index in [9.17, 15) is 4.79 Å². The summed E-state index contributed by atoms with van der Waals surface area (Å²) in [6.45, 7) is 5.24. The molecule has 1 aromatic carbocycles. The van der Waals surface area contributed by atoms with Gasteiger partial charge in [-0.25, -0.2) is 0 Å². The molecule has 0 aliphatic carbocycles. The highest BCUT2D eigenvalue weighted by molar-refractivity contribution is 7.10. The predicted molar refractivity (Wildman–Crippen MR) is 112 cm³/mol. The molecule has 1 aliphatic heterocycles. The monoisotopic (exact) mass is 381 g/mol. The molecule has 5 heteroatoms. The highest BCUT2D eigenvalue weighted by atomic mass is 32.1. The number of fused-ring (bicyclic) bond motifs is 1. The van der Waals surface area contributed by atoms with E-state index in [1.807, 2.05) is 24.4 Å². The first-order chi connectivity index (χ1) is 13.2. The van der Waals surface area contributed by atoms with Crippen LogP contribution in [-0.4, -0.2) is 35.4 Å². The van der Waals surface area contributed by atoms with Crippen LogP contribution in [0.5, 0.6) is 0 Å². The van der Waals surface area contributed by atoms with Crippen LogP contribution in [0.15, 0.2) is 48.0 Å². The Kier molecular flexibility index (Phi) is 5.60. The van der Waals surface area contributed by atoms with Gasteiger partial charge in [0.2, 0.25) is 5.91 Å². The van der Waals surface area contributed by atoms with E-state index < -0.39 is 0 Å². The largest absolute Gasteiger partial charge is 0.361 e. The van der Waals surface area contributed by atoms with Gasteiger partial charge in [-0.1, -0.05) is 31.2 Å². The summed E-state index contributed by atoms with van der Waals surface area (Å²) in [5, 5.41) is 6.45. The molecule has 0 radical (unpaired) electrons. The Bertz CT molecular complexity index is 878. The van der Waals surface area contributed by atoms with Gasteiger partial charge in [-0.15, -0.1) is 11.3 Å². The first kappa shape index (κ1) is 18.3. The van der Waals surface area contributed by atoms with E-state index >= 15 is 0 Å². The fourth-order valence-electron chi connectivity index (χ4n) is 3.95. The molecule has 2 N–H and O–H groups in total. The number of para-hydroxylation sites is 1. The summed E-state index contributed by atoms with van der Waals surface area (Å²) in [5.74, 6) is 0.897. The van der Waals surface area contributed by atoms with Gasteiger partial charge in [-0.3, -0.25) is 9.69 Å². The van der Waals surface area contributed by atoms with Crippen LogP contribution in [0.4, 0.5) is 0 Å². The topological polar surface area (TPSA) is 48.1 Å². The van der Waals surface area contributed by atoms with Gasteiger partial charge in [-0.05, 0) is 54.9 Å². The van der Waals surface area contributed by atoms with E-state index in [1.165, 1.54) is 17.7 Å². The lowest BCUT2D eigenvalue weighted by atomic mass is 9.97. The molecule has 142 valence electrons. The molecule has 1 saturated heterocycles. The number of nitrogens with one attached hydrogen (secondary N) is 2. The maximum Gasteiger partial charge on any atom is 0.224 e. The van der Waals surface area contributed by atoms with Crippen molar-refractivity contribution in [3.63, 3.8) is 0 Å². The van der Waals surface area contributed by atoms with Crippen LogP contribution in [0.2, 0.25) is 0 Å². The van der Waals surface area contributed by atoms with Crippen molar-refractivity contribution in [1.29, 1.82) is 0 Å². The number of aromatic amines is 1. The van der Waals surface area contributed by atoms with Crippen molar-refractivity contribution < 1.29 is 4.79 Å². The Balaban J connectivity index is 1.40. The van der Waals surface area contributed by atoms with Crippen LogP contribution in [0, 0.1) is 5.92 Å². The Morgan fingerprint density at radius 1 is 1.26 bits per heavy atom. The average molecular weight is 382 g/mol. The fourth-order valence-corrected chi connectivity index (χ4v) is 4.82. The molecule has 0 saturated carbocycles. The van der Waals surface area contributed by atoms with Gasteiger partial charge in [0.15, 0.2) is 0 Å². The molecular weight excluding hydrogens is 354 g/mol. The number of rotatable bonds is 6. The van der Waals surface area contributed by atoms with Crippen molar-refractivity contribution in [3.8, 4) is 0 Å². The molecule has 2 aromatic heterocycles. The van der Waals surface area contributed by atoms with Gasteiger partial charge < -0.3 is 10.3 Å². The Hall–Kier alpha value is -2.11. The summed E-state index contributed by atoms with van der Waals surface area (Å²) in [7, 11) is 0. The molecule has 1 atom stereocenters. The highest BCUT2D eigenvalue weighted by Gasteiger charge is 2.25. The van der Waals surface area contributed by atoms with Gasteiger partial charge in [0, 0.05) is 28.5 Å². The molecule has 0 bridgehead atoms. The number of nitrogens with zero attached hydrogens (tertiary/aromatic N) is 1. The zero-order valence-corrected chi connectivity index (χ0v) is 16.6. The first-order valence-corrected chi connectivity index (χ1v) is 10.7. The number of hydrogen-bond donors (Lipinski definition) is 2. The lowest BCUT2D eigenvalue weighted by Gasteiger charge is -2.36. The van der Waals surface area contributed by atoms with E-state index in [0.29, 0.717) is 13.0 Å². The zero-order chi connectivity index (χ0) is 18.6. The summed E-state index contributed by atoms with van der Waals surface area (Å²) in [6.07, 6.45) is 4.85. The minimum Gasteiger partial charge on any atom is -0.361 e. The van der Waals surface area contributed by atoms with E-state index in [1.54, 1.807) is 11.3 Å². The maximum atomic E-state index is 12.6. The van der Waals surface area contributed by atoms with Crippen molar-refractivity contribution in [2.24, 2.45) is 5.92 Å². The number of carbonyl (C=O) groups excluding carboxylic acids is 1. The second-order valence-electron chi connectivity index (χ2n) is 7.59. The molecule has 1 aliphatic rings. The van der Waals surface area contributed by atoms with Crippen molar-refractivity contribution >= 4 is 28.1 Å². The third-order valence-electron chi connectivity index (χ3n) is 5.65. The second kappa shape index (κ2) is 8.28. The third kappa shape index (κ3) is 4.25. The molecule has 3 aromatic rings. The van der Waals surface area contributed by atoms with E-state index in [0.717, 1.165) is 35.5 Å². The van der Waals surface area contributed by atoms with Gasteiger partial charge in [0.1, 0.15) is 0 Å². The Morgan fingerprint density at radius 2 is 2.07 bits per heavy atom. The van der Waals surface area contributed by atoms with Crippen molar-refractivity contribution in [3.05, 3.63) is 58.4 Å². The van der Waals surface area contributed by atoms with Crippen LogP contribution >= 0.6 is 11.3 Å². The Labute approximate surface area is 164 Å². The van der Waals surface area contributed by atoms with E-state index in [4.69, 9.17) is 0 Å². The minimum atomic E-state index is 0.0895. The summed E-state index contributed by atoms with van der Waals surface area (Å²) in [6, 6.07) is 12.7. The van der Waals surface area contributed by atoms with Crippen LogP contribution in [0.1, 0.15) is 36.2 Å². The first-order valence-electron chi connectivity index (χ1n) is 9.80.